The molecule has 1 aromatic heterocycles. The van der Waals surface area contributed by atoms with Gasteiger partial charge < -0.3 is 4.90 Å². The number of fused-ring (bicyclic) bond motifs is 11. The molecular weight excluding hydrogens is 424 g/mol. The number of pyridine rings is 1. The normalized spacial score (nSPS) is 14.9. The van der Waals surface area contributed by atoms with Gasteiger partial charge >= 0.3 is 0 Å². The molecular formula is C33H22N2. The van der Waals surface area contributed by atoms with Crippen LogP contribution >= 0.6 is 0 Å². The lowest BCUT2D eigenvalue weighted by Crippen LogP contribution is -2.25. The summed E-state index contributed by atoms with van der Waals surface area (Å²) in [5.74, 6) is 0. The van der Waals surface area contributed by atoms with Crippen LogP contribution in [-0.4, -0.2) is 4.98 Å². The summed E-state index contributed by atoms with van der Waals surface area (Å²) >= 11 is 0. The second kappa shape index (κ2) is 6.28. The van der Waals surface area contributed by atoms with E-state index in [1.807, 2.05) is 12.4 Å². The molecule has 3 heterocycles. The number of hydrogen-bond acceptors (Lipinski definition) is 2. The molecule has 0 saturated carbocycles. The van der Waals surface area contributed by atoms with E-state index in [9.17, 15) is 0 Å². The van der Waals surface area contributed by atoms with E-state index in [2.05, 4.69) is 82.7 Å². The highest BCUT2D eigenvalue weighted by molar-refractivity contribution is 5.93. The number of aromatic nitrogens is 1. The lowest BCUT2D eigenvalue weighted by molar-refractivity contribution is 0.988. The molecule has 2 aliphatic heterocycles. The van der Waals surface area contributed by atoms with Crippen molar-refractivity contribution in [2.45, 2.75) is 25.7 Å². The smallest absolute Gasteiger partial charge is 0.0532 e. The molecule has 2 nitrogen and oxygen atoms in total. The number of hydrogen-bond donors (Lipinski definition) is 0. The molecule has 0 bridgehead atoms. The number of benzene rings is 4. The summed E-state index contributed by atoms with van der Waals surface area (Å²) in [5, 5.41) is 0. The van der Waals surface area contributed by atoms with Gasteiger partial charge in [-0.15, -0.1) is 0 Å². The van der Waals surface area contributed by atoms with Crippen molar-refractivity contribution in [1.29, 1.82) is 0 Å². The van der Waals surface area contributed by atoms with E-state index in [4.69, 9.17) is 0 Å². The molecule has 35 heavy (non-hydrogen) atoms. The van der Waals surface area contributed by atoms with Crippen molar-refractivity contribution < 1.29 is 0 Å². The maximum absolute atomic E-state index is 4.44. The first-order valence-corrected chi connectivity index (χ1v) is 12.6. The Labute approximate surface area is 204 Å². The van der Waals surface area contributed by atoms with E-state index in [0.717, 1.165) is 25.7 Å². The van der Waals surface area contributed by atoms with Gasteiger partial charge in [0.1, 0.15) is 0 Å². The van der Waals surface area contributed by atoms with Crippen molar-refractivity contribution in [3.05, 3.63) is 130 Å². The average Bonchev–Trinajstić information content (AvgIpc) is 3.44. The van der Waals surface area contributed by atoms with Gasteiger partial charge in [-0.05, 0) is 97.8 Å². The summed E-state index contributed by atoms with van der Waals surface area (Å²) in [4.78, 5) is 6.96. The third kappa shape index (κ3) is 2.27. The Morgan fingerprint density at radius 2 is 1.29 bits per heavy atom. The van der Waals surface area contributed by atoms with Gasteiger partial charge in [-0.3, -0.25) is 4.98 Å². The van der Waals surface area contributed by atoms with Gasteiger partial charge in [-0.25, -0.2) is 0 Å². The quantitative estimate of drug-likeness (QED) is 0.240. The molecule has 0 fully saturated rings. The molecule has 5 aromatic rings. The molecule has 0 spiro atoms. The molecule has 9 rings (SSSR count). The molecule has 0 unspecified atom stereocenters. The Balaban J connectivity index is 1.26. The van der Waals surface area contributed by atoms with Crippen LogP contribution < -0.4 is 4.90 Å². The van der Waals surface area contributed by atoms with Crippen LogP contribution in [0.3, 0.4) is 0 Å². The number of para-hydroxylation sites is 1. The molecule has 2 heteroatoms. The number of anilines is 3. The van der Waals surface area contributed by atoms with Crippen LogP contribution in [0.1, 0.15) is 44.5 Å². The molecule has 4 aromatic carbocycles. The van der Waals surface area contributed by atoms with Crippen LogP contribution in [0.2, 0.25) is 0 Å². The maximum atomic E-state index is 4.44. The lowest BCUT2D eigenvalue weighted by atomic mass is 9.84. The van der Waals surface area contributed by atoms with Crippen molar-refractivity contribution in [1.82, 2.24) is 4.98 Å². The minimum atomic E-state index is 0.960. The topological polar surface area (TPSA) is 16.1 Å². The maximum Gasteiger partial charge on any atom is 0.0532 e. The van der Waals surface area contributed by atoms with Gasteiger partial charge in [0.25, 0.3) is 0 Å². The minimum absolute atomic E-state index is 0.960. The second-order valence-corrected chi connectivity index (χ2v) is 10.4. The summed E-state index contributed by atoms with van der Waals surface area (Å²) in [6, 6.07) is 27.7. The Kier molecular flexibility index (Phi) is 3.27. The Morgan fingerprint density at radius 3 is 2.26 bits per heavy atom. The van der Waals surface area contributed by atoms with E-state index >= 15 is 0 Å². The summed E-state index contributed by atoms with van der Waals surface area (Å²) in [7, 11) is 0. The van der Waals surface area contributed by atoms with Gasteiger partial charge in [0.05, 0.1) is 17.1 Å². The highest BCUT2D eigenvalue weighted by Gasteiger charge is 2.35. The predicted octanol–water partition coefficient (Wildman–Crippen LogP) is 7.50. The summed E-state index contributed by atoms with van der Waals surface area (Å²) in [5.41, 5.74) is 21.3. The van der Waals surface area contributed by atoms with Gasteiger partial charge in [-0.2, -0.15) is 0 Å². The monoisotopic (exact) mass is 446 g/mol. The molecule has 164 valence electrons. The molecule has 4 aliphatic rings. The van der Waals surface area contributed by atoms with Crippen LogP contribution in [0.15, 0.2) is 85.2 Å². The van der Waals surface area contributed by atoms with Gasteiger partial charge in [-0.1, -0.05) is 54.6 Å². The zero-order chi connectivity index (χ0) is 22.7. The van der Waals surface area contributed by atoms with Crippen molar-refractivity contribution in [3.8, 4) is 22.3 Å². The molecule has 2 aliphatic carbocycles. The predicted molar refractivity (Wildman–Crippen MR) is 141 cm³/mol. The van der Waals surface area contributed by atoms with Gasteiger partial charge in [0, 0.05) is 25.2 Å². The highest BCUT2D eigenvalue weighted by Crippen LogP contribution is 2.54. The van der Waals surface area contributed by atoms with E-state index in [0.29, 0.717) is 0 Å². The van der Waals surface area contributed by atoms with E-state index in [1.54, 1.807) is 0 Å². The zero-order valence-corrected chi connectivity index (χ0v) is 19.3. The zero-order valence-electron chi connectivity index (χ0n) is 19.3. The molecule has 0 amide bonds. The first-order chi connectivity index (χ1) is 17.3. The lowest BCUT2D eigenvalue weighted by Gasteiger charge is -2.39. The van der Waals surface area contributed by atoms with Crippen molar-refractivity contribution >= 4 is 17.1 Å². The summed E-state index contributed by atoms with van der Waals surface area (Å²) in [6.45, 7) is 0. The second-order valence-electron chi connectivity index (χ2n) is 10.4. The van der Waals surface area contributed by atoms with Crippen LogP contribution in [-0.2, 0) is 25.7 Å². The highest BCUT2D eigenvalue weighted by atomic mass is 15.2. The molecule has 0 radical (unpaired) electrons. The summed E-state index contributed by atoms with van der Waals surface area (Å²) < 4.78 is 0. The largest absolute Gasteiger partial charge is 0.309 e. The van der Waals surface area contributed by atoms with E-state index in [1.165, 1.54) is 83.8 Å². The van der Waals surface area contributed by atoms with Crippen LogP contribution in [0.4, 0.5) is 17.1 Å². The van der Waals surface area contributed by atoms with Crippen LogP contribution in [0, 0.1) is 0 Å². The molecule has 0 saturated heterocycles. The SMILES string of the molecule is c1ccc2c(c1)Cc1cc3c(cc1-2)-c1ccc2c(c1C3)Cc1cccc3c1N2c1ccncc1C3. The fraction of sp³-hybridized carbons (Fsp3) is 0.121. The first kappa shape index (κ1) is 18.2. The molecule has 0 N–H and O–H groups in total. The van der Waals surface area contributed by atoms with E-state index in [-0.39, 0.29) is 0 Å². The third-order valence-electron chi connectivity index (χ3n) is 8.62. The van der Waals surface area contributed by atoms with Crippen molar-refractivity contribution in [2.24, 2.45) is 0 Å². The van der Waals surface area contributed by atoms with Gasteiger partial charge in [0.15, 0.2) is 0 Å². The van der Waals surface area contributed by atoms with Crippen LogP contribution in [0.25, 0.3) is 22.3 Å². The standard InChI is InChI=1S/C33H22N2/c1-2-7-25-19(4-1)12-22-14-23-16-29-26(28(23)17-27(22)25)8-9-32-30(29)15-21-6-3-5-20-13-24-18-34-11-10-31(24)35(32)33(20)21/h1-11,14,17-18H,12-13,15-16H2. The Bertz CT molecular complexity index is 1760. The average molecular weight is 447 g/mol. The Morgan fingerprint density at radius 1 is 0.514 bits per heavy atom. The Hall–Kier alpha value is -4.17. The minimum Gasteiger partial charge on any atom is -0.309 e. The first-order valence-electron chi connectivity index (χ1n) is 12.6. The number of nitrogens with zero attached hydrogens (tertiary/aromatic N) is 2. The summed E-state index contributed by atoms with van der Waals surface area (Å²) in [6.07, 6.45) is 8.04. The van der Waals surface area contributed by atoms with Crippen molar-refractivity contribution in [2.75, 3.05) is 4.90 Å². The van der Waals surface area contributed by atoms with Crippen molar-refractivity contribution in [3.63, 3.8) is 0 Å². The molecule has 0 atom stereocenters. The fourth-order valence-electron chi connectivity index (χ4n) is 7.12. The van der Waals surface area contributed by atoms with E-state index < -0.39 is 0 Å². The van der Waals surface area contributed by atoms with Crippen LogP contribution in [0.5, 0.6) is 0 Å². The third-order valence-corrected chi connectivity index (χ3v) is 8.62. The number of rotatable bonds is 0. The fourth-order valence-corrected chi connectivity index (χ4v) is 7.12. The van der Waals surface area contributed by atoms with Gasteiger partial charge in [0.2, 0.25) is 0 Å².